The highest BCUT2D eigenvalue weighted by molar-refractivity contribution is 5.87. The van der Waals surface area contributed by atoms with E-state index >= 15 is 0 Å². The van der Waals surface area contributed by atoms with E-state index in [1.807, 2.05) is 0 Å². The van der Waals surface area contributed by atoms with Crippen LogP contribution in [0.5, 0.6) is 0 Å². The van der Waals surface area contributed by atoms with Crippen LogP contribution < -0.4 is 10.4 Å². The molecule has 1 heteroatoms. The van der Waals surface area contributed by atoms with E-state index in [4.69, 9.17) is 4.98 Å². The molecule has 0 spiro atoms. The third-order valence-electron chi connectivity index (χ3n) is 5.63. The second kappa shape index (κ2) is 6.10. The summed E-state index contributed by atoms with van der Waals surface area (Å²) in [7, 11) is 0. The molecule has 0 fully saturated rings. The van der Waals surface area contributed by atoms with E-state index in [2.05, 4.69) is 85.8 Å². The molecular weight excluding hydrogens is 314 g/mol. The Labute approximate surface area is 153 Å². The van der Waals surface area contributed by atoms with Gasteiger partial charge in [0, 0.05) is 22.1 Å². The Bertz CT molecular complexity index is 1180. The van der Waals surface area contributed by atoms with Crippen LogP contribution >= 0.6 is 0 Å². The van der Waals surface area contributed by atoms with Gasteiger partial charge < -0.3 is 0 Å². The van der Waals surface area contributed by atoms with Gasteiger partial charge >= 0.3 is 0 Å². The summed E-state index contributed by atoms with van der Waals surface area (Å²) < 4.78 is 0. The average molecular weight is 335 g/mol. The number of nitrogens with zero attached hydrogens (tertiary/aromatic N) is 1. The van der Waals surface area contributed by atoms with Crippen LogP contribution in [-0.4, -0.2) is 4.98 Å². The van der Waals surface area contributed by atoms with E-state index in [-0.39, 0.29) is 0 Å². The number of hydrogen-bond donors (Lipinski definition) is 0. The standard InChI is InChI=1S/C25H21N/c1-17-9-7-14-20-19(17)13-8-15-22-24(20)21-12-5-6-16-23(21)26-25(22)18-10-3-2-4-11-18/h2-7,9-12,14-16,19H,8,13H2,1H3. The zero-order chi connectivity index (χ0) is 17.5. The molecule has 0 radical (unpaired) electrons. The Morgan fingerprint density at radius 3 is 2.65 bits per heavy atom. The molecule has 5 rings (SSSR count). The van der Waals surface area contributed by atoms with Crippen LogP contribution in [0.3, 0.4) is 0 Å². The minimum atomic E-state index is 0.506. The quantitative estimate of drug-likeness (QED) is 0.625. The molecule has 1 nitrogen and oxygen atoms in total. The zero-order valence-corrected chi connectivity index (χ0v) is 14.9. The number of para-hydroxylation sites is 1. The Morgan fingerprint density at radius 2 is 1.77 bits per heavy atom. The highest BCUT2D eigenvalue weighted by Gasteiger charge is 2.21. The maximum Gasteiger partial charge on any atom is 0.0784 e. The van der Waals surface area contributed by atoms with Crippen molar-refractivity contribution in [3.8, 4) is 11.3 Å². The van der Waals surface area contributed by atoms with Crippen LogP contribution in [0.4, 0.5) is 0 Å². The molecule has 0 aliphatic heterocycles. The van der Waals surface area contributed by atoms with Gasteiger partial charge in [-0.1, -0.05) is 78.4 Å². The predicted octanol–water partition coefficient (Wildman–Crippen LogP) is 4.76. The van der Waals surface area contributed by atoms with Crippen molar-refractivity contribution in [3.63, 3.8) is 0 Å². The van der Waals surface area contributed by atoms with Crippen LogP contribution in [0.1, 0.15) is 19.8 Å². The van der Waals surface area contributed by atoms with E-state index in [1.54, 1.807) is 0 Å². The van der Waals surface area contributed by atoms with Gasteiger partial charge in [-0.15, -0.1) is 0 Å². The molecule has 3 aromatic rings. The van der Waals surface area contributed by atoms with Crippen molar-refractivity contribution < 1.29 is 0 Å². The Balaban J connectivity index is 2.00. The van der Waals surface area contributed by atoms with Gasteiger partial charge in [0.05, 0.1) is 11.2 Å². The Morgan fingerprint density at radius 1 is 0.962 bits per heavy atom. The summed E-state index contributed by atoms with van der Waals surface area (Å²) in [5.74, 6) is 0.506. The maximum absolute atomic E-state index is 5.07. The van der Waals surface area contributed by atoms with Crippen molar-refractivity contribution in [1.29, 1.82) is 0 Å². The summed E-state index contributed by atoms with van der Waals surface area (Å²) in [5, 5.41) is 3.94. The number of fused-ring (bicyclic) bond motifs is 4. The molecule has 1 heterocycles. The van der Waals surface area contributed by atoms with E-state index in [9.17, 15) is 0 Å². The summed E-state index contributed by atoms with van der Waals surface area (Å²) in [5.41, 5.74) is 6.28. The van der Waals surface area contributed by atoms with E-state index < -0.39 is 0 Å². The van der Waals surface area contributed by atoms with E-state index in [0.29, 0.717) is 5.92 Å². The summed E-state index contributed by atoms with van der Waals surface area (Å²) >= 11 is 0. The molecule has 26 heavy (non-hydrogen) atoms. The van der Waals surface area contributed by atoms with Gasteiger partial charge in [0.25, 0.3) is 0 Å². The topological polar surface area (TPSA) is 12.9 Å². The highest BCUT2D eigenvalue weighted by Crippen LogP contribution is 2.31. The zero-order valence-electron chi connectivity index (χ0n) is 14.9. The smallest absolute Gasteiger partial charge is 0.0784 e. The fourth-order valence-corrected chi connectivity index (χ4v) is 4.37. The van der Waals surface area contributed by atoms with Gasteiger partial charge in [0.2, 0.25) is 0 Å². The number of hydrogen-bond acceptors (Lipinski definition) is 1. The third-order valence-corrected chi connectivity index (χ3v) is 5.63. The van der Waals surface area contributed by atoms with Crippen molar-refractivity contribution in [2.75, 3.05) is 0 Å². The molecule has 1 atom stereocenters. The first-order valence-corrected chi connectivity index (χ1v) is 9.36. The summed E-state index contributed by atoms with van der Waals surface area (Å²) in [6.07, 6.45) is 11.4. The largest absolute Gasteiger partial charge is 0.247 e. The van der Waals surface area contributed by atoms with Crippen LogP contribution in [0.25, 0.3) is 33.8 Å². The summed E-state index contributed by atoms with van der Waals surface area (Å²) in [6.45, 7) is 2.26. The third kappa shape index (κ3) is 2.35. The van der Waals surface area contributed by atoms with Crippen LogP contribution in [0.15, 0.2) is 78.4 Å². The Kier molecular flexibility index (Phi) is 3.60. The lowest BCUT2D eigenvalue weighted by Gasteiger charge is -2.21. The van der Waals surface area contributed by atoms with Gasteiger partial charge in [0.1, 0.15) is 0 Å². The lowest BCUT2D eigenvalue weighted by atomic mass is 9.83. The number of allylic oxidation sites excluding steroid dienone is 4. The Hall–Kier alpha value is -2.93. The average Bonchev–Trinajstić information content (AvgIpc) is 2.89. The second-order valence-electron chi connectivity index (χ2n) is 7.19. The van der Waals surface area contributed by atoms with E-state index in [1.165, 1.54) is 39.0 Å². The second-order valence-corrected chi connectivity index (χ2v) is 7.19. The summed E-state index contributed by atoms with van der Waals surface area (Å²) in [6, 6.07) is 19.2. The minimum Gasteiger partial charge on any atom is -0.247 e. The first-order chi connectivity index (χ1) is 12.8. The van der Waals surface area contributed by atoms with Crippen LogP contribution in [0, 0.1) is 5.92 Å². The van der Waals surface area contributed by atoms with Crippen molar-refractivity contribution in [3.05, 3.63) is 88.8 Å². The lowest BCUT2D eigenvalue weighted by molar-refractivity contribution is 0.713. The number of rotatable bonds is 1. The molecule has 1 aromatic heterocycles. The SMILES string of the molecule is CC1=CC=CC2=c3c(c(-c4ccccc4)nc4ccccc34)=CCCC12. The van der Waals surface area contributed by atoms with Gasteiger partial charge in [-0.25, -0.2) is 4.98 Å². The van der Waals surface area contributed by atoms with Crippen LogP contribution in [-0.2, 0) is 0 Å². The van der Waals surface area contributed by atoms with Crippen molar-refractivity contribution in [1.82, 2.24) is 4.98 Å². The van der Waals surface area contributed by atoms with Crippen molar-refractivity contribution >= 4 is 22.6 Å². The fourth-order valence-electron chi connectivity index (χ4n) is 4.37. The molecule has 2 aliphatic carbocycles. The molecule has 0 N–H and O–H groups in total. The van der Waals surface area contributed by atoms with Crippen molar-refractivity contribution in [2.24, 2.45) is 5.92 Å². The van der Waals surface area contributed by atoms with Gasteiger partial charge in [-0.3, -0.25) is 0 Å². The molecule has 0 saturated carbocycles. The van der Waals surface area contributed by atoms with Gasteiger partial charge in [-0.2, -0.15) is 0 Å². The molecule has 0 saturated heterocycles. The predicted molar refractivity (Wildman–Crippen MR) is 110 cm³/mol. The van der Waals surface area contributed by atoms with Crippen molar-refractivity contribution in [2.45, 2.75) is 19.8 Å². The monoisotopic (exact) mass is 335 g/mol. The molecule has 1 unspecified atom stereocenters. The molecular formula is C25H21N. The number of pyridine rings is 1. The number of aromatic nitrogens is 1. The fraction of sp³-hybridized carbons (Fsp3) is 0.160. The lowest BCUT2D eigenvalue weighted by Crippen LogP contribution is -2.32. The molecule has 0 bridgehead atoms. The minimum absolute atomic E-state index is 0.506. The molecule has 126 valence electrons. The van der Waals surface area contributed by atoms with Crippen LogP contribution in [0.2, 0.25) is 0 Å². The summed E-state index contributed by atoms with van der Waals surface area (Å²) in [4.78, 5) is 5.07. The molecule has 2 aromatic carbocycles. The first-order valence-electron chi connectivity index (χ1n) is 9.36. The van der Waals surface area contributed by atoms with Gasteiger partial charge in [0.15, 0.2) is 0 Å². The molecule has 2 aliphatic rings. The normalized spacial score (nSPS) is 18.6. The van der Waals surface area contributed by atoms with E-state index in [0.717, 1.165) is 17.6 Å². The first kappa shape index (κ1) is 15.3. The molecule has 0 amide bonds. The van der Waals surface area contributed by atoms with Gasteiger partial charge in [-0.05, 0) is 36.6 Å². The number of benzene rings is 2. The maximum atomic E-state index is 5.07. The highest BCUT2D eigenvalue weighted by atomic mass is 14.7.